The maximum Gasteiger partial charge on any atom is 0.143 e. The summed E-state index contributed by atoms with van der Waals surface area (Å²) >= 11 is 3.42. The average Bonchev–Trinajstić information content (AvgIpc) is 3.77. The third-order valence-electron chi connectivity index (χ3n) is 8.48. The van der Waals surface area contributed by atoms with E-state index in [1.165, 1.54) is 30.9 Å². The lowest BCUT2D eigenvalue weighted by Gasteiger charge is -2.18. The lowest BCUT2D eigenvalue weighted by atomic mass is 10.1. The van der Waals surface area contributed by atoms with Gasteiger partial charge in [-0.3, -0.25) is 9.97 Å². The highest BCUT2D eigenvalue weighted by Gasteiger charge is 2.38. The van der Waals surface area contributed by atoms with Crippen molar-refractivity contribution in [2.45, 2.75) is 13.1 Å². The van der Waals surface area contributed by atoms with E-state index in [1.54, 1.807) is 35.1 Å². The molecule has 0 saturated carbocycles. The molecule has 0 unspecified atom stereocenters. The molecule has 0 saturated heterocycles. The molecule has 0 N–H and O–H groups in total. The van der Waals surface area contributed by atoms with E-state index in [1.807, 2.05) is 72.8 Å². The largest absolute Gasteiger partial charge is 0.255 e. The summed E-state index contributed by atoms with van der Waals surface area (Å²) in [5.74, 6) is 0. The number of benzene rings is 2. The van der Waals surface area contributed by atoms with Gasteiger partial charge in [0.25, 0.3) is 0 Å². The van der Waals surface area contributed by atoms with Crippen LogP contribution < -0.4 is 10.4 Å². The van der Waals surface area contributed by atoms with Crippen LogP contribution in [0.25, 0.3) is 75.7 Å². The van der Waals surface area contributed by atoms with Crippen molar-refractivity contribution in [1.29, 1.82) is 0 Å². The standard InChI is InChI=1S/C36H24N6S2Si/c1-45(2)33-19-31-29(41-35(43-31)27-13-7-11-25(39-27)23-9-3-5-15-37-23)17-21(33)22-18-30-32(20-34(22)45)44-36(42-30)28-14-8-12-26(40-28)24-10-4-6-16-38-24/h3-20H,1-2H3. The zero-order valence-electron chi connectivity index (χ0n) is 24.4. The molecule has 0 fully saturated rings. The van der Waals surface area contributed by atoms with Gasteiger partial charge in [-0.05, 0) is 94.3 Å². The van der Waals surface area contributed by atoms with Crippen molar-refractivity contribution in [2.24, 2.45) is 0 Å². The normalized spacial score (nSPS) is 13.3. The van der Waals surface area contributed by atoms with E-state index < -0.39 is 8.07 Å². The van der Waals surface area contributed by atoms with Crippen LogP contribution in [0.4, 0.5) is 0 Å². The number of rotatable bonds is 4. The number of nitrogens with zero attached hydrogens (tertiary/aromatic N) is 6. The van der Waals surface area contributed by atoms with Crippen molar-refractivity contribution in [3.05, 3.63) is 109 Å². The average molecular weight is 633 g/mol. The predicted octanol–water partition coefficient (Wildman–Crippen LogP) is 7.96. The highest BCUT2D eigenvalue weighted by Crippen LogP contribution is 2.39. The third-order valence-corrected chi connectivity index (χ3v) is 14.1. The number of hydrogen-bond donors (Lipinski definition) is 0. The molecule has 0 spiro atoms. The molecule has 0 bridgehead atoms. The fraction of sp³-hybridized carbons (Fsp3) is 0.0556. The smallest absolute Gasteiger partial charge is 0.143 e. The molecule has 7 heterocycles. The number of pyridine rings is 4. The lowest BCUT2D eigenvalue weighted by Crippen LogP contribution is -2.49. The summed E-state index contributed by atoms with van der Waals surface area (Å²) in [6, 6.07) is 33.2. The SMILES string of the molecule is C[Si]1(C)c2cc3sc(-c4cccc(-c5ccccn5)n4)nc3cc2-c2cc3nc(-c4cccc(-c5ccccn5)n4)sc3cc21. The van der Waals surface area contributed by atoms with E-state index in [4.69, 9.17) is 19.9 Å². The lowest BCUT2D eigenvalue weighted by molar-refractivity contribution is 1.24. The zero-order valence-corrected chi connectivity index (χ0v) is 27.0. The Morgan fingerprint density at radius 1 is 0.467 bits per heavy atom. The molecule has 9 rings (SSSR count). The van der Waals surface area contributed by atoms with Crippen LogP contribution in [0, 0.1) is 0 Å². The van der Waals surface area contributed by atoms with E-state index in [2.05, 4.69) is 47.3 Å². The molecule has 0 radical (unpaired) electrons. The van der Waals surface area contributed by atoms with Gasteiger partial charge in [-0.15, -0.1) is 22.7 Å². The minimum absolute atomic E-state index is 0.850. The molecule has 1 aliphatic rings. The van der Waals surface area contributed by atoms with E-state index in [0.717, 1.165) is 55.2 Å². The number of hydrogen-bond acceptors (Lipinski definition) is 8. The van der Waals surface area contributed by atoms with Gasteiger partial charge >= 0.3 is 0 Å². The fourth-order valence-electron chi connectivity index (χ4n) is 6.21. The first-order chi connectivity index (χ1) is 22.0. The second kappa shape index (κ2) is 10.0. The number of thiazole rings is 2. The van der Waals surface area contributed by atoms with Crippen molar-refractivity contribution in [1.82, 2.24) is 29.9 Å². The summed E-state index contributed by atoms with van der Waals surface area (Å²) in [7, 11) is -1.95. The van der Waals surface area contributed by atoms with E-state index in [-0.39, 0.29) is 0 Å². The Hall–Kier alpha value is -4.96. The maximum atomic E-state index is 5.08. The Balaban J connectivity index is 1.12. The van der Waals surface area contributed by atoms with Crippen molar-refractivity contribution in [3.8, 4) is 55.3 Å². The van der Waals surface area contributed by atoms with Crippen molar-refractivity contribution in [3.63, 3.8) is 0 Å². The first kappa shape index (κ1) is 26.4. The molecule has 214 valence electrons. The molecule has 0 atom stereocenters. The highest BCUT2D eigenvalue weighted by molar-refractivity contribution is 7.22. The summed E-state index contributed by atoms with van der Waals surface area (Å²) in [4.78, 5) is 28.9. The van der Waals surface area contributed by atoms with Gasteiger partial charge < -0.3 is 0 Å². The van der Waals surface area contributed by atoms with Crippen LogP contribution in [-0.2, 0) is 0 Å². The Morgan fingerprint density at radius 3 is 1.36 bits per heavy atom. The van der Waals surface area contributed by atoms with Gasteiger partial charge in [-0.25, -0.2) is 19.9 Å². The van der Waals surface area contributed by atoms with Crippen LogP contribution in [0.5, 0.6) is 0 Å². The third kappa shape index (κ3) is 4.34. The first-order valence-electron chi connectivity index (χ1n) is 14.7. The Labute approximate surface area is 268 Å². The summed E-state index contributed by atoms with van der Waals surface area (Å²) < 4.78 is 2.39. The molecule has 0 amide bonds. The monoisotopic (exact) mass is 632 g/mol. The van der Waals surface area contributed by atoms with Crippen LogP contribution in [0.3, 0.4) is 0 Å². The molecule has 45 heavy (non-hydrogen) atoms. The van der Waals surface area contributed by atoms with Crippen molar-refractivity contribution >= 4 is 61.6 Å². The molecule has 9 heteroatoms. The molecule has 0 aliphatic carbocycles. The van der Waals surface area contributed by atoms with Crippen LogP contribution in [0.2, 0.25) is 13.1 Å². The summed E-state index contributed by atoms with van der Waals surface area (Å²) in [6.07, 6.45) is 3.59. The minimum Gasteiger partial charge on any atom is -0.255 e. The van der Waals surface area contributed by atoms with E-state index >= 15 is 0 Å². The van der Waals surface area contributed by atoms with Gasteiger partial charge in [-0.2, -0.15) is 0 Å². The van der Waals surface area contributed by atoms with E-state index in [0.29, 0.717) is 0 Å². The molecule has 1 aliphatic heterocycles. The number of aromatic nitrogens is 6. The van der Waals surface area contributed by atoms with Gasteiger partial charge in [-0.1, -0.05) is 37.4 Å². The van der Waals surface area contributed by atoms with Gasteiger partial charge in [0.2, 0.25) is 0 Å². The van der Waals surface area contributed by atoms with E-state index in [9.17, 15) is 0 Å². The Morgan fingerprint density at radius 2 is 0.911 bits per heavy atom. The first-order valence-corrected chi connectivity index (χ1v) is 19.3. The second-order valence-electron chi connectivity index (χ2n) is 11.6. The van der Waals surface area contributed by atoms with Gasteiger partial charge in [0.15, 0.2) is 0 Å². The molecular weight excluding hydrogens is 609 g/mol. The molecule has 6 nitrogen and oxygen atoms in total. The summed E-state index contributed by atoms with van der Waals surface area (Å²) in [6.45, 7) is 4.91. The van der Waals surface area contributed by atoms with Crippen LogP contribution in [-0.4, -0.2) is 38.0 Å². The quantitative estimate of drug-likeness (QED) is 0.183. The molecular formula is C36H24N6S2Si. The topological polar surface area (TPSA) is 77.3 Å². The summed E-state index contributed by atoms with van der Waals surface area (Å²) in [5, 5.41) is 4.76. The molecule has 6 aromatic heterocycles. The maximum absolute atomic E-state index is 5.08. The van der Waals surface area contributed by atoms with Gasteiger partial charge in [0.1, 0.15) is 18.1 Å². The molecule has 8 aromatic rings. The summed E-state index contributed by atoms with van der Waals surface area (Å²) in [5.41, 5.74) is 9.74. The van der Waals surface area contributed by atoms with Gasteiger partial charge in [0.05, 0.1) is 54.6 Å². The van der Waals surface area contributed by atoms with Crippen LogP contribution in [0.15, 0.2) is 109 Å². The number of fused-ring (bicyclic) bond motifs is 5. The molecule has 2 aromatic carbocycles. The van der Waals surface area contributed by atoms with Crippen LogP contribution in [0.1, 0.15) is 0 Å². The Bertz CT molecular complexity index is 2250. The van der Waals surface area contributed by atoms with Crippen molar-refractivity contribution < 1.29 is 0 Å². The van der Waals surface area contributed by atoms with Crippen molar-refractivity contribution in [2.75, 3.05) is 0 Å². The fourth-order valence-corrected chi connectivity index (χ4v) is 11.4. The van der Waals surface area contributed by atoms with Gasteiger partial charge in [0, 0.05) is 12.4 Å². The zero-order chi connectivity index (χ0) is 30.1. The highest BCUT2D eigenvalue weighted by atomic mass is 32.1. The Kier molecular flexibility index (Phi) is 5.89. The minimum atomic E-state index is -1.95. The van der Waals surface area contributed by atoms with Crippen LogP contribution >= 0.6 is 22.7 Å². The predicted molar refractivity (Wildman–Crippen MR) is 188 cm³/mol. The second-order valence-corrected chi connectivity index (χ2v) is 18.0.